The summed E-state index contributed by atoms with van der Waals surface area (Å²) >= 11 is 5.58. The van der Waals surface area contributed by atoms with Gasteiger partial charge in [0.25, 0.3) is 5.91 Å². The van der Waals surface area contributed by atoms with Gasteiger partial charge in [-0.15, -0.1) is 0 Å². The highest BCUT2D eigenvalue weighted by atomic mass is 35.5. The second-order valence-corrected chi connectivity index (χ2v) is 7.35. The molecule has 146 valence electrons. The predicted molar refractivity (Wildman–Crippen MR) is 91.0 cm³/mol. The van der Waals surface area contributed by atoms with Crippen LogP contribution in [0, 0.1) is 5.82 Å². The Labute approximate surface area is 159 Å². The second-order valence-electron chi connectivity index (χ2n) is 6.94. The molecule has 2 bridgehead atoms. The number of aliphatic carboxylic acids is 1. The van der Waals surface area contributed by atoms with Crippen molar-refractivity contribution in [3.63, 3.8) is 0 Å². The number of carboxylic acid groups (broad SMARTS) is 1. The average molecular weight is 401 g/mol. The monoisotopic (exact) mass is 400 g/mol. The molecule has 3 aliphatic rings. The molecule has 0 spiro atoms. The summed E-state index contributed by atoms with van der Waals surface area (Å²) in [6.07, 6.45) is 1.77. The van der Waals surface area contributed by atoms with Crippen LogP contribution in [0.25, 0.3) is 0 Å². The molecule has 3 aliphatic carbocycles. The Kier molecular flexibility index (Phi) is 5.25. The Hall–Kier alpha value is -2.39. The number of halogens is 2. The van der Waals surface area contributed by atoms with Crippen LogP contribution < -0.4 is 15.4 Å². The highest BCUT2D eigenvalue weighted by molar-refractivity contribution is 6.30. The number of nitrogens with one attached hydrogen (secondary N) is 2. The van der Waals surface area contributed by atoms with Gasteiger partial charge in [-0.2, -0.15) is 0 Å². The van der Waals surface area contributed by atoms with E-state index in [4.69, 9.17) is 26.2 Å². The quantitative estimate of drug-likeness (QED) is 0.566. The zero-order valence-corrected chi connectivity index (χ0v) is 15.0. The predicted octanol–water partition coefficient (Wildman–Crippen LogP) is 0.867. The molecule has 8 nitrogen and oxygen atoms in total. The number of hydrogen-bond donors (Lipinski definition) is 3. The standard InChI is InChI=1S/C17H18ClFN2O6/c18-11-2-1-10(3-12(11)19)27-5-14(23)21-17-7-16(8-17,9-17)20-13(22)4-26-6-15(24)25/h1-3H,4-9H2,(H,20,22)(H,21,23)(H,24,25). The summed E-state index contributed by atoms with van der Waals surface area (Å²) < 4.78 is 23.3. The molecule has 0 aromatic heterocycles. The van der Waals surface area contributed by atoms with E-state index in [-0.39, 0.29) is 46.9 Å². The Balaban J connectivity index is 1.36. The minimum absolute atomic E-state index is 0.0265. The van der Waals surface area contributed by atoms with Crippen molar-refractivity contribution in [1.29, 1.82) is 0 Å². The largest absolute Gasteiger partial charge is 0.484 e. The third kappa shape index (κ3) is 4.48. The Morgan fingerprint density at radius 3 is 2.22 bits per heavy atom. The molecule has 0 heterocycles. The first-order chi connectivity index (χ1) is 12.7. The van der Waals surface area contributed by atoms with Crippen LogP contribution in [-0.2, 0) is 19.1 Å². The van der Waals surface area contributed by atoms with Gasteiger partial charge in [0, 0.05) is 17.1 Å². The van der Waals surface area contributed by atoms with E-state index in [1.807, 2.05) is 0 Å². The minimum atomic E-state index is -1.14. The van der Waals surface area contributed by atoms with Gasteiger partial charge in [0.2, 0.25) is 5.91 Å². The molecule has 1 aromatic rings. The van der Waals surface area contributed by atoms with Crippen molar-refractivity contribution in [3.8, 4) is 5.75 Å². The van der Waals surface area contributed by atoms with E-state index in [9.17, 15) is 18.8 Å². The molecule has 0 saturated heterocycles. The zero-order chi connectivity index (χ0) is 19.7. The van der Waals surface area contributed by atoms with E-state index in [1.165, 1.54) is 12.1 Å². The molecule has 0 unspecified atom stereocenters. The molecular weight excluding hydrogens is 383 g/mol. The molecule has 3 N–H and O–H groups in total. The fourth-order valence-electron chi connectivity index (χ4n) is 3.66. The van der Waals surface area contributed by atoms with E-state index >= 15 is 0 Å². The Morgan fingerprint density at radius 1 is 1.07 bits per heavy atom. The number of hydrogen-bond acceptors (Lipinski definition) is 5. The molecule has 2 amide bonds. The number of benzene rings is 1. The summed E-state index contributed by atoms with van der Waals surface area (Å²) in [5.41, 5.74) is -0.724. The third-order valence-electron chi connectivity index (χ3n) is 4.56. The summed E-state index contributed by atoms with van der Waals surface area (Å²) in [5.74, 6) is -2.29. The van der Waals surface area contributed by atoms with Crippen molar-refractivity contribution in [1.82, 2.24) is 10.6 Å². The number of carbonyl (C=O) groups excluding carboxylic acids is 2. The Morgan fingerprint density at radius 2 is 1.67 bits per heavy atom. The van der Waals surface area contributed by atoms with E-state index in [0.717, 1.165) is 6.07 Å². The van der Waals surface area contributed by atoms with Gasteiger partial charge in [-0.1, -0.05) is 11.6 Å². The van der Waals surface area contributed by atoms with Crippen LogP contribution in [0.2, 0.25) is 5.02 Å². The first kappa shape index (κ1) is 19.4. The Bertz CT molecular complexity index is 767. The van der Waals surface area contributed by atoms with Crippen molar-refractivity contribution < 1.29 is 33.4 Å². The molecule has 1 aromatic carbocycles. The van der Waals surface area contributed by atoms with Crippen LogP contribution >= 0.6 is 11.6 Å². The molecule has 0 atom stereocenters. The van der Waals surface area contributed by atoms with Gasteiger partial charge in [-0.25, -0.2) is 9.18 Å². The van der Waals surface area contributed by atoms with E-state index < -0.39 is 18.4 Å². The maximum atomic E-state index is 13.3. The number of carboxylic acids is 1. The van der Waals surface area contributed by atoms with Gasteiger partial charge >= 0.3 is 5.97 Å². The van der Waals surface area contributed by atoms with Crippen molar-refractivity contribution >= 4 is 29.4 Å². The molecule has 0 aliphatic heterocycles. The lowest BCUT2D eigenvalue weighted by Gasteiger charge is -2.70. The van der Waals surface area contributed by atoms with Gasteiger partial charge < -0.3 is 25.2 Å². The normalized spacial score (nSPS) is 25.0. The van der Waals surface area contributed by atoms with Gasteiger partial charge in [-0.3, -0.25) is 9.59 Å². The number of amides is 2. The van der Waals surface area contributed by atoms with Crippen LogP contribution in [0.1, 0.15) is 19.3 Å². The molecular formula is C17H18ClFN2O6. The highest BCUT2D eigenvalue weighted by Gasteiger charge is 2.69. The minimum Gasteiger partial charge on any atom is -0.484 e. The maximum Gasteiger partial charge on any atom is 0.329 e. The van der Waals surface area contributed by atoms with E-state index in [0.29, 0.717) is 19.3 Å². The molecule has 27 heavy (non-hydrogen) atoms. The number of carbonyl (C=O) groups is 3. The topological polar surface area (TPSA) is 114 Å². The lowest BCUT2D eigenvalue weighted by atomic mass is 9.44. The van der Waals surface area contributed by atoms with Gasteiger partial charge in [-0.05, 0) is 31.4 Å². The fourth-order valence-corrected chi connectivity index (χ4v) is 3.78. The summed E-state index contributed by atoms with van der Waals surface area (Å²) in [5, 5.41) is 14.1. The first-order valence-corrected chi connectivity index (χ1v) is 8.58. The zero-order valence-electron chi connectivity index (χ0n) is 14.2. The van der Waals surface area contributed by atoms with Crippen LogP contribution in [-0.4, -0.2) is 53.8 Å². The molecule has 10 heteroatoms. The highest BCUT2D eigenvalue weighted by Crippen LogP contribution is 2.60. The lowest BCUT2D eigenvalue weighted by Crippen LogP contribution is -2.84. The maximum absolute atomic E-state index is 13.3. The smallest absolute Gasteiger partial charge is 0.329 e. The van der Waals surface area contributed by atoms with Gasteiger partial charge in [0.05, 0.1) is 5.02 Å². The summed E-state index contributed by atoms with van der Waals surface area (Å²) in [7, 11) is 0. The second kappa shape index (κ2) is 7.32. The van der Waals surface area contributed by atoms with Gasteiger partial charge in [0.1, 0.15) is 24.8 Å². The lowest BCUT2D eigenvalue weighted by molar-refractivity contribution is -0.153. The number of rotatable bonds is 9. The summed E-state index contributed by atoms with van der Waals surface area (Å²) in [6, 6.07) is 3.92. The van der Waals surface area contributed by atoms with Crippen molar-refractivity contribution in [3.05, 3.63) is 29.0 Å². The molecule has 3 saturated carbocycles. The number of ether oxygens (including phenoxy) is 2. The summed E-state index contributed by atoms with van der Waals surface area (Å²) in [6.45, 7) is -1.11. The van der Waals surface area contributed by atoms with Crippen LogP contribution in [0.3, 0.4) is 0 Å². The fraction of sp³-hybridized carbons (Fsp3) is 0.471. The van der Waals surface area contributed by atoms with E-state index in [1.54, 1.807) is 0 Å². The van der Waals surface area contributed by atoms with Gasteiger partial charge in [0.15, 0.2) is 6.61 Å². The van der Waals surface area contributed by atoms with Crippen molar-refractivity contribution in [2.75, 3.05) is 19.8 Å². The van der Waals surface area contributed by atoms with E-state index in [2.05, 4.69) is 10.6 Å². The molecule has 4 rings (SSSR count). The van der Waals surface area contributed by atoms with Crippen molar-refractivity contribution in [2.24, 2.45) is 0 Å². The summed E-state index contributed by atoms with van der Waals surface area (Å²) in [4.78, 5) is 34.1. The molecule has 3 fully saturated rings. The van der Waals surface area contributed by atoms with Crippen LogP contribution in [0.5, 0.6) is 5.75 Å². The van der Waals surface area contributed by atoms with Crippen LogP contribution in [0.15, 0.2) is 18.2 Å². The molecule has 0 radical (unpaired) electrons. The SMILES string of the molecule is O=C(O)COCC(=O)NC12CC(NC(=O)COc3ccc(Cl)c(F)c3)(C1)C2. The first-order valence-electron chi connectivity index (χ1n) is 8.20. The third-order valence-corrected chi connectivity index (χ3v) is 4.87. The van der Waals surface area contributed by atoms with Crippen molar-refractivity contribution in [2.45, 2.75) is 30.3 Å². The van der Waals surface area contributed by atoms with Crippen LogP contribution in [0.4, 0.5) is 4.39 Å². The average Bonchev–Trinajstić information content (AvgIpc) is 2.52.